The van der Waals surface area contributed by atoms with Crippen molar-refractivity contribution in [1.82, 2.24) is 5.16 Å². The Labute approximate surface area is 145 Å². The minimum absolute atomic E-state index is 0.0667. The standard InChI is InChI=1S/C18H17NO5S/c1-2-3-11-23-18(20)17-15-12-14(9-10-16(15)19-24-17)25(21,22)13-7-5-4-6-8-13/h4-10,12H,2-3,11H2,1H3. The molecule has 0 fully saturated rings. The van der Waals surface area contributed by atoms with Crippen LogP contribution < -0.4 is 0 Å². The van der Waals surface area contributed by atoms with Crippen LogP contribution in [0.5, 0.6) is 0 Å². The summed E-state index contributed by atoms with van der Waals surface area (Å²) in [6.07, 6.45) is 1.63. The van der Waals surface area contributed by atoms with Gasteiger partial charge in [-0.05, 0) is 36.8 Å². The summed E-state index contributed by atoms with van der Waals surface area (Å²) in [5, 5.41) is 4.11. The number of hydrogen-bond donors (Lipinski definition) is 0. The molecule has 6 nitrogen and oxygen atoms in total. The van der Waals surface area contributed by atoms with Gasteiger partial charge in [0.1, 0.15) is 5.52 Å². The zero-order valence-corrected chi connectivity index (χ0v) is 14.5. The molecule has 0 saturated heterocycles. The number of benzene rings is 2. The monoisotopic (exact) mass is 359 g/mol. The lowest BCUT2D eigenvalue weighted by atomic mass is 10.2. The molecule has 3 rings (SSSR count). The Morgan fingerprint density at radius 2 is 1.88 bits per heavy atom. The van der Waals surface area contributed by atoms with E-state index < -0.39 is 15.8 Å². The summed E-state index contributed by atoms with van der Waals surface area (Å²) in [6.45, 7) is 2.26. The highest BCUT2D eigenvalue weighted by molar-refractivity contribution is 7.91. The van der Waals surface area contributed by atoms with Crippen molar-refractivity contribution >= 4 is 26.7 Å². The molecule has 0 aliphatic carbocycles. The lowest BCUT2D eigenvalue weighted by Gasteiger charge is -2.05. The van der Waals surface area contributed by atoms with E-state index in [9.17, 15) is 13.2 Å². The maximum Gasteiger partial charge on any atom is 0.377 e. The first-order valence-electron chi connectivity index (χ1n) is 7.90. The van der Waals surface area contributed by atoms with Crippen molar-refractivity contribution in [1.29, 1.82) is 0 Å². The second-order valence-corrected chi connectivity index (χ2v) is 7.45. The van der Waals surface area contributed by atoms with Crippen molar-refractivity contribution in [2.45, 2.75) is 29.6 Å². The molecular formula is C18H17NO5S. The highest BCUT2D eigenvalue weighted by Crippen LogP contribution is 2.26. The first-order valence-corrected chi connectivity index (χ1v) is 9.39. The highest BCUT2D eigenvalue weighted by atomic mass is 32.2. The summed E-state index contributed by atoms with van der Waals surface area (Å²) < 4.78 is 35.6. The molecule has 130 valence electrons. The van der Waals surface area contributed by atoms with E-state index >= 15 is 0 Å². The van der Waals surface area contributed by atoms with Crippen LogP contribution in [0.2, 0.25) is 0 Å². The van der Waals surface area contributed by atoms with Gasteiger partial charge in [0.25, 0.3) is 5.76 Å². The normalized spacial score (nSPS) is 11.6. The van der Waals surface area contributed by atoms with Crippen molar-refractivity contribution < 1.29 is 22.5 Å². The lowest BCUT2D eigenvalue weighted by molar-refractivity contribution is 0.0456. The molecule has 0 spiro atoms. The quantitative estimate of drug-likeness (QED) is 0.493. The number of rotatable bonds is 6. The molecule has 2 aromatic carbocycles. The van der Waals surface area contributed by atoms with Crippen molar-refractivity contribution in [3.8, 4) is 0 Å². The third-order valence-electron chi connectivity index (χ3n) is 3.73. The predicted molar refractivity (Wildman–Crippen MR) is 91.1 cm³/mol. The van der Waals surface area contributed by atoms with E-state index in [1.807, 2.05) is 6.92 Å². The van der Waals surface area contributed by atoms with E-state index in [0.29, 0.717) is 10.9 Å². The molecule has 1 aromatic heterocycles. The average Bonchev–Trinajstić information content (AvgIpc) is 3.06. The third-order valence-corrected chi connectivity index (χ3v) is 5.50. The predicted octanol–water partition coefficient (Wildman–Crippen LogP) is 3.62. The zero-order chi connectivity index (χ0) is 17.9. The molecule has 0 N–H and O–H groups in total. The fraction of sp³-hybridized carbons (Fsp3) is 0.222. The summed E-state index contributed by atoms with van der Waals surface area (Å²) in [6, 6.07) is 12.4. The summed E-state index contributed by atoms with van der Waals surface area (Å²) >= 11 is 0. The number of aromatic nitrogens is 1. The molecule has 0 aliphatic heterocycles. The van der Waals surface area contributed by atoms with Gasteiger partial charge in [0.15, 0.2) is 0 Å². The first kappa shape index (κ1) is 17.2. The van der Waals surface area contributed by atoms with Gasteiger partial charge in [-0.25, -0.2) is 13.2 Å². The SMILES string of the molecule is CCCCOC(=O)c1onc2ccc(S(=O)(=O)c3ccccc3)cc12. The number of unbranched alkanes of at least 4 members (excludes halogenated alkanes) is 1. The Hall–Kier alpha value is -2.67. The number of carbonyl (C=O) groups is 1. The number of esters is 1. The second kappa shape index (κ2) is 7.06. The van der Waals surface area contributed by atoms with E-state index in [2.05, 4.69) is 5.16 Å². The maximum absolute atomic E-state index is 12.7. The highest BCUT2D eigenvalue weighted by Gasteiger charge is 2.22. The minimum Gasteiger partial charge on any atom is -0.460 e. The van der Waals surface area contributed by atoms with Crippen molar-refractivity contribution in [2.24, 2.45) is 0 Å². The Morgan fingerprint density at radius 3 is 2.60 bits per heavy atom. The van der Waals surface area contributed by atoms with E-state index in [1.54, 1.807) is 18.2 Å². The van der Waals surface area contributed by atoms with E-state index in [0.717, 1.165) is 12.8 Å². The molecule has 0 amide bonds. The topological polar surface area (TPSA) is 86.5 Å². The number of ether oxygens (including phenoxy) is 1. The molecule has 0 bridgehead atoms. The van der Waals surface area contributed by atoms with Crippen LogP contribution in [0.3, 0.4) is 0 Å². The van der Waals surface area contributed by atoms with Crippen LogP contribution in [-0.4, -0.2) is 26.2 Å². The molecule has 1 heterocycles. The van der Waals surface area contributed by atoms with Gasteiger partial charge in [0, 0.05) is 0 Å². The molecule has 3 aromatic rings. The van der Waals surface area contributed by atoms with Gasteiger partial charge in [0.05, 0.1) is 21.8 Å². The summed E-state index contributed by atoms with van der Waals surface area (Å²) in [4.78, 5) is 12.4. The number of carbonyl (C=O) groups excluding carboxylic acids is 1. The van der Waals surface area contributed by atoms with Crippen LogP contribution >= 0.6 is 0 Å². The molecule has 7 heteroatoms. The Kier molecular flexibility index (Phi) is 4.85. The lowest BCUT2D eigenvalue weighted by Crippen LogP contribution is -2.06. The number of sulfone groups is 1. The molecule has 0 aliphatic rings. The van der Waals surface area contributed by atoms with Crippen LogP contribution in [0, 0.1) is 0 Å². The van der Waals surface area contributed by atoms with Crippen molar-refractivity contribution in [2.75, 3.05) is 6.61 Å². The van der Waals surface area contributed by atoms with Gasteiger partial charge in [0.2, 0.25) is 9.84 Å². The minimum atomic E-state index is -3.69. The fourth-order valence-corrected chi connectivity index (χ4v) is 3.65. The molecule has 0 saturated carbocycles. The smallest absolute Gasteiger partial charge is 0.377 e. The van der Waals surface area contributed by atoms with Crippen molar-refractivity contribution in [3.63, 3.8) is 0 Å². The number of nitrogens with zero attached hydrogens (tertiary/aromatic N) is 1. The fourth-order valence-electron chi connectivity index (χ4n) is 2.35. The maximum atomic E-state index is 12.7. The van der Waals surface area contributed by atoms with Gasteiger partial charge >= 0.3 is 5.97 Å². The van der Waals surface area contributed by atoms with E-state index in [-0.39, 0.29) is 22.2 Å². The number of hydrogen-bond acceptors (Lipinski definition) is 6. The van der Waals surface area contributed by atoms with Crippen LogP contribution in [0.25, 0.3) is 10.9 Å². The third kappa shape index (κ3) is 3.41. The Balaban J connectivity index is 2.00. The van der Waals surface area contributed by atoms with Gasteiger partial charge < -0.3 is 9.26 Å². The van der Waals surface area contributed by atoms with Crippen molar-refractivity contribution in [3.05, 3.63) is 54.3 Å². The van der Waals surface area contributed by atoms with Gasteiger partial charge in [-0.1, -0.05) is 36.7 Å². The van der Waals surface area contributed by atoms with E-state index in [4.69, 9.17) is 9.26 Å². The molecular weight excluding hydrogens is 342 g/mol. The van der Waals surface area contributed by atoms with E-state index in [1.165, 1.54) is 30.3 Å². The summed E-state index contributed by atoms with van der Waals surface area (Å²) in [7, 11) is -3.69. The molecule has 25 heavy (non-hydrogen) atoms. The number of fused-ring (bicyclic) bond motifs is 1. The Bertz CT molecular complexity index is 993. The summed E-state index contributed by atoms with van der Waals surface area (Å²) in [5.74, 6) is -0.735. The van der Waals surface area contributed by atoms with Gasteiger partial charge in [-0.15, -0.1) is 0 Å². The Morgan fingerprint density at radius 1 is 1.12 bits per heavy atom. The largest absolute Gasteiger partial charge is 0.460 e. The van der Waals surface area contributed by atoms with Crippen LogP contribution in [-0.2, 0) is 14.6 Å². The average molecular weight is 359 g/mol. The molecule has 0 atom stereocenters. The first-order chi connectivity index (χ1) is 12.0. The van der Waals surface area contributed by atoms with Crippen LogP contribution in [0.1, 0.15) is 30.3 Å². The summed E-state index contributed by atoms with van der Waals surface area (Å²) in [5.41, 5.74) is 0.398. The molecule has 0 radical (unpaired) electrons. The van der Waals surface area contributed by atoms with Gasteiger partial charge in [-0.3, -0.25) is 0 Å². The van der Waals surface area contributed by atoms with Crippen LogP contribution in [0.4, 0.5) is 0 Å². The van der Waals surface area contributed by atoms with Gasteiger partial charge in [-0.2, -0.15) is 0 Å². The molecule has 0 unspecified atom stereocenters. The zero-order valence-electron chi connectivity index (χ0n) is 13.6. The van der Waals surface area contributed by atoms with Crippen LogP contribution in [0.15, 0.2) is 62.8 Å². The second-order valence-electron chi connectivity index (χ2n) is 5.50.